The molecule has 8 N–H and O–H groups in total. The number of carboxylic acids is 1. The number of nitrogens with one attached hydrogen (secondary N) is 3. The minimum absolute atomic E-state index is 0.121. The van der Waals surface area contributed by atoms with Crippen molar-refractivity contribution in [3.63, 3.8) is 0 Å². The van der Waals surface area contributed by atoms with Gasteiger partial charge in [0.1, 0.15) is 24.1 Å². The summed E-state index contributed by atoms with van der Waals surface area (Å²) in [7, 11) is 0. The van der Waals surface area contributed by atoms with Crippen LogP contribution in [-0.4, -0.2) is 50.6 Å². The van der Waals surface area contributed by atoms with Crippen molar-refractivity contribution >= 4 is 40.8 Å². The number of carbonyl (C=O) groups is 3. The Kier molecular flexibility index (Phi) is 9.71. The number of aliphatic carboxylic acids is 1. The molecule has 1 atom stereocenters. The van der Waals surface area contributed by atoms with Gasteiger partial charge in [-0.25, -0.2) is 9.59 Å². The highest BCUT2D eigenvalue weighted by Gasteiger charge is 2.20. The van der Waals surface area contributed by atoms with E-state index in [1.807, 2.05) is 48.7 Å². The molecule has 12 nitrogen and oxygen atoms in total. The molecular weight excluding hydrogens is 526 g/mol. The van der Waals surface area contributed by atoms with Crippen LogP contribution in [0.4, 0.5) is 16.6 Å². The fraction of sp³-hybridized carbons (Fsp3) is 0.276. The number of rotatable bonds is 13. The number of hydrogen-bond donors (Lipinski definition) is 6. The molecule has 214 valence electrons. The van der Waals surface area contributed by atoms with Crippen molar-refractivity contribution in [2.75, 3.05) is 18.0 Å². The lowest BCUT2D eigenvalue weighted by Crippen LogP contribution is -2.41. The molecule has 2 amide bonds. The quantitative estimate of drug-likeness (QED) is 0.133. The van der Waals surface area contributed by atoms with E-state index in [1.165, 1.54) is 0 Å². The van der Waals surface area contributed by atoms with Crippen molar-refractivity contribution < 1.29 is 24.2 Å². The minimum atomic E-state index is -1.15. The zero-order valence-corrected chi connectivity index (χ0v) is 22.4. The number of H-pyrrole nitrogens is 1. The van der Waals surface area contributed by atoms with Crippen LogP contribution >= 0.6 is 0 Å². The lowest BCUT2D eigenvalue weighted by atomic mass is 10.0. The Hall–Kier alpha value is -5.13. The van der Waals surface area contributed by atoms with Crippen molar-refractivity contribution in [3.8, 4) is 0 Å². The van der Waals surface area contributed by atoms with Crippen molar-refractivity contribution in [2.45, 2.75) is 44.8 Å². The van der Waals surface area contributed by atoms with Crippen LogP contribution < -0.4 is 22.1 Å². The van der Waals surface area contributed by atoms with Gasteiger partial charge in [0.15, 0.2) is 0 Å². The van der Waals surface area contributed by atoms with Crippen LogP contribution in [0.25, 0.3) is 11.0 Å². The van der Waals surface area contributed by atoms with Crippen molar-refractivity contribution in [1.82, 2.24) is 25.6 Å². The first-order chi connectivity index (χ1) is 19.8. The normalized spacial score (nSPS) is 11.6. The number of alkyl carbamates (subject to hydrolysis) is 1. The lowest BCUT2D eigenvalue weighted by molar-refractivity contribution is -0.139. The van der Waals surface area contributed by atoms with Crippen LogP contribution in [0.3, 0.4) is 0 Å². The number of ether oxygens (including phenoxy) is 1. The molecule has 0 aliphatic carbocycles. The first-order valence-electron chi connectivity index (χ1n) is 13.3. The van der Waals surface area contributed by atoms with Crippen LogP contribution in [0.1, 0.15) is 46.3 Å². The second-order valence-corrected chi connectivity index (χ2v) is 9.55. The van der Waals surface area contributed by atoms with Crippen LogP contribution in [0.15, 0.2) is 60.8 Å². The molecule has 4 aromatic rings. The fourth-order valence-electron chi connectivity index (χ4n) is 4.42. The number of nitrogens with two attached hydrogens (primary N) is 2. The third kappa shape index (κ3) is 8.18. The van der Waals surface area contributed by atoms with Gasteiger partial charge in [0.25, 0.3) is 5.91 Å². The number of amides is 2. The second kappa shape index (κ2) is 13.8. The highest BCUT2D eigenvalue weighted by atomic mass is 16.5. The maximum atomic E-state index is 12.7. The van der Waals surface area contributed by atoms with Crippen molar-refractivity contribution in [2.24, 2.45) is 0 Å². The summed E-state index contributed by atoms with van der Waals surface area (Å²) in [6.07, 6.45) is 4.11. The summed E-state index contributed by atoms with van der Waals surface area (Å²) >= 11 is 0. The summed E-state index contributed by atoms with van der Waals surface area (Å²) in [4.78, 5) is 47.5. The summed E-state index contributed by atoms with van der Waals surface area (Å²) in [6.45, 7) is 0.359. The maximum absolute atomic E-state index is 12.7. The Morgan fingerprint density at radius 1 is 0.951 bits per heavy atom. The van der Waals surface area contributed by atoms with E-state index in [4.69, 9.17) is 16.2 Å². The minimum Gasteiger partial charge on any atom is -0.480 e. The molecule has 4 rings (SSSR count). The number of carboxylic acid groups (broad SMARTS) is 1. The molecule has 0 radical (unpaired) electrons. The number of carbonyl (C=O) groups excluding carboxylic acids is 2. The van der Waals surface area contributed by atoms with Gasteiger partial charge in [-0.15, -0.1) is 0 Å². The molecule has 0 spiro atoms. The van der Waals surface area contributed by atoms with Gasteiger partial charge in [-0.2, -0.15) is 9.97 Å². The maximum Gasteiger partial charge on any atom is 0.407 e. The van der Waals surface area contributed by atoms with E-state index in [1.54, 1.807) is 12.1 Å². The molecule has 0 aliphatic heterocycles. The third-order valence-corrected chi connectivity index (χ3v) is 6.54. The topological polar surface area (TPSA) is 198 Å². The van der Waals surface area contributed by atoms with E-state index >= 15 is 0 Å². The van der Waals surface area contributed by atoms with E-state index in [-0.39, 0.29) is 25.5 Å². The Morgan fingerprint density at radius 3 is 2.44 bits per heavy atom. The molecule has 12 heteroatoms. The molecule has 2 heterocycles. The van der Waals surface area contributed by atoms with Crippen molar-refractivity contribution in [1.29, 1.82) is 0 Å². The summed E-state index contributed by atoms with van der Waals surface area (Å²) in [6, 6.07) is 15.2. The van der Waals surface area contributed by atoms with Crippen molar-refractivity contribution in [3.05, 3.63) is 83.0 Å². The number of benzene rings is 2. The molecular formula is C29H33N7O5. The predicted octanol–water partition coefficient (Wildman–Crippen LogP) is 3.19. The Bertz CT molecular complexity index is 1490. The molecule has 0 aliphatic rings. The third-order valence-electron chi connectivity index (χ3n) is 6.54. The second-order valence-electron chi connectivity index (χ2n) is 9.55. The molecule has 2 aromatic heterocycles. The largest absolute Gasteiger partial charge is 0.480 e. The Balaban J connectivity index is 1.19. The fourth-order valence-corrected chi connectivity index (χ4v) is 4.42. The van der Waals surface area contributed by atoms with Gasteiger partial charge in [0.05, 0.1) is 5.39 Å². The van der Waals surface area contributed by atoms with Crippen LogP contribution in [0.5, 0.6) is 0 Å². The lowest BCUT2D eigenvalue weighted by Gasteiger charge is -2.15. The van der Waals surface area contributed by atoms with E-state index in [0.717, 1.165) is 41.3 Å². The Morgan fingerprint density at radius 2 is 1.71 bits per heavy atom. The predicted molar refractivity (Wildman–Crippen MR) is 154 cm³/mol. The number of anilines is 2. The number of nitrogen functional groups attached to an aromatic ring is 2. The number of aryl methyl sites for hydroxylation is 2. The van der Waals surface area contributed by atoms with E-state index < -0.39 is 24.0 Å². The van der Waals surface area contributed by atoms with Gasteiger partial charge in [-0.3, -0.25) is 4.79 Å². The van der Waals surface area contributed by atoms with Gasteiger partial charge in [-0.1, -0.05) is 42.5 Å². The summed E-state index contributed by atoms with van der Waals surface area (Å²) in [5.41, 5.74) is 15.5. The average Bonchev–Trinajstić information content (AvgIpc) is 3.37. The van der Waals surface area contributed by atoms with E-state index in [2.05, 4.69) is 25.6 Å². The SMILES string of the molecule is Nc1nc(N)c2c(CCCc3ccc(C(=O)N[C@@H](CCCNC(=O)OCc4ccccc4)C(=O)O)cc3)c[nH]c2n1. The molecule has 0 saturated carbocycles. The number of hydrogen-bond acceptors (Lipinski definition) is 8. The van der Waals surface area contributed by atoms with Crippen LogP contribution in [0.2, 0.25) is 0 Å². The standard InChI is InChI=1S/C29H33N7O5/c30-24-23-21(16-33-25(23)36-28(31)35-24)9-4-8-18-11-13-20(14-12-18)26(37)34-22(27(38)39)10-5-15-32-29(40)41-17-19-6-2-1-3-7-19/h1-3,6-7,11-14,16,22H,4-5,8-10,15,17H2,(H,32,40)(H,34,37)(H,38,39)(H5,30,31,33,35,36)/t22-/m0/s1. The van der Waals surface area contributed by atoms with Crippen LogP contribution in [0, 0.1) is 0 Å². The van der Waals surface area contributed by atoms with Gasteiger partial charge in [0.2, 0.25) is 5.95 Å². The highest BCUT2D eigenvalue weighted by molar-refractivity contribution is 5.96. The number of nitrogens with zero attached hydrogens (tertiary/aromatic N) is 2. The number of aromatic nitrogens is 3. The average molecular weight is 560 g/mol. The van der Waals surface area contributed by atoms with Gasteiger partial charge < -0.3 is 36.9 Å². The molecule has 0 unspecified atom stereocenters. The number of aromatic amines is 1. The van der Waals surface area contributed by atoms with E-state index in [0.29, 0.717) is 23.4 Å². The highest BCUT2D eigenvalue weighted by Crippen LogP contribution is 2.24. The molecule has 0 bridgehead atoms. The molecule has 2 aromatic carbocycles. The van der Waals surface area contributed by atoms with Gasteiger partial charge in [-0.05, 0) is 60.9 Å². The first-order valence-corrected chi connectivity index (χ1v) is 13.3. The smallest absolute Gasteiger partial charge is 0.407 e. The molecule has 0 saturated heterocycles. The molecule has 0 fully saturated rings. The summed E-state index contributed by atoms with van der Waals surface area (Å²) in [5, 5.41) is 15.5. The van der Waals surface area contributed by atoms with Gasteiger partial charge in [0, 0.05) is 18.3 Å². The summed E-state index contributed by atoms with van der Waals surface area (Å²) in [5.74, 6) is -1.16. The monoisotopic (exact) mass is 559 g/mol. The number of fused-ring (bicyclic) bond motifs is 1. The zero-order chi connectivity index (χ0) is 29.2. The Labute approximate surface area is 236 Å². The zero-order valence-electron chi connectivity index (χ0n) is 22.4. The van der Waals surface area contributed by atoms with E-state index in [9.17, 15) is 19.5 Å². The van der Waals surface area contributed by atoms with Crippen LogP contribution in [-0.2, 0) is 29.0 Å². The summed E-state index contributed by atoms with van der Waals surface area (Å²) < 4.78 is 5.13. The molecule has 41 heavy (non-hydrogen) atoms. The first kappa shape index (κ1) is 28.9. The van der Waals surface area contributed by atoms with Gasteiger partial charge >= 0.3 is 12.1 Å².